The van der Waals surface area contributed by atoms with E-state index in [-0.39, 0.29) is 40.5 Å². The van der Waals surface area contributed by atoms with Gasteiger partial charge in [0.25, 0.3) is 0 Å². The largest absolute Gasteiger partial charge is 2.00 e. The summed E-state index contributed by atoms with van der Waals surface area (Å²) in [5, 5.41) is 12.0. The summed E-state index contributed by atoms with van der Waals surface area (Å²) in [6, 6.07) is 0. The van der Waals surface area contributed by atoms with Crippen molar-refractivity contribution in [3.05, 3.63) is 19.1 Å². The molecule has 0 spiro atoms. The second-order valence-corrected chi connectivity index (χ2v) is 5.40. The van der Waals surface area contributed by atoms with Gasteiger partial charge in [-0.3, -0.25) is 0 Å². The molecule has 0 bridgehead atoms. The fourth-order valence-corrected chi connectivity index (χ4v) is 3.38. The Hall–Kier alpha value is 0.466. The zero-order chi connectivity index (χ0) is 10.9. The van der Waals surface area contributed by atoms with Crippen LogP contribution in [-0.2, 0) is 0 Å². The Morgan fingerprint density at radius 3 is 2.50 bits per heavy atom. The summed E-state index contributed by atoms with van der Waals surface area (Å²) in [6.45, 7) is 8.56. The molecule has 0 aromatic rings. The quantitative estimate of drug-likeness (QED) is 0.386. The maximum absolute atomic E-state index is 12.0. The third-order valence-electron chi connectivity index (χ3n) is 4.47. The molecule has 0 saturated heterocycles. The summed E-state index contributed by atoms with van der Waals surface area (Å²) >= 11 is 0. The van der Waals surface area contributed by atoms with Gasteiger partial charge in [-0.05, 0) is 12.8 Å². The SMILES string of the molecule is C=C1CCCCC1([CH2-])C1CCCCC1[O-].[Mg+2]. The van der Waals surface area contributed by atoms with Crippen molar-refractivity contribution in [2.75, 3.05) is 0 Å². The summed E-state index contributed by atoms with van der Waals surface area (Å²) in [7, 11) is 0. The van der Waals surface area contributed by atoms with Crippen LogP contribution in [-0.4, -0.2) is 29.2 Å². The Morgan fingerprint density at radius 1 is 1.19 bits per heavy atom. The molecule has 2 rings (SSSR count). The van der Waals surface area contributed by atoms with Crippen LogP contribution in [0.3, 0.4) is 0 Å². The smallest absolute Gasteiger partial charge is 0.852 e. The van der Waals surface area contributed by atoms with E-state index in [9.17, 15) is 5.11 Å². The second kappa shape index (κ2) is 5.88. The monoisotopic (exact) mass is 230 g/mol. The van der Waals surface area contributed by atoms with Gasteiger partial charge in [0.2, 0.25) is 0 Å². The summed E-state index contributed by atoms with van der Waals surface area (Å²) in [5.74, 6) is 0.263. The molecule has 86 valence electrons. The molecule has 0 N–H and O–H groups in total. The van der Waals surface area contributed by atoms with Crippen molar-refractivity contribution < 1.29 is 5.11 Å². The van der Waals surface area contributed by atoms with Crippen LogP contribution >= 0.6 is 0 Å². The number of allylic oxidation sites excluding steroid dienone is 1. The minimum Gasteiger partial charge on any atom is -0.852 e. The molecular formula is C14H22MgO. The number of rotatable bonds is 1. The summed E-state index contributed by atoms with van der Waals surface area (Å²) in [5.41, 5.74) is 1.17. The van der Waals surface area contributed by atoms with Gasteiger partial charge < -0.3 is 12.0 Å². The van der Waals surface area contributed by atoms with E-state index in [2.05, 4.69) is 13.5 Å². The molecule has 1 nitrogen and oxygen atoms in total. The van der Waals surface area contributed by atoms with Gasteiger partial charge in [-0.1, -0.05) is 44.4 Å². The minimum atomic E-state index is -0.383. The van der Waals surface area contributed by atoms with Gasteiger partial charge in [-0.2, -0.15) is 0 Å². The van der Waals surface area contributed by atoms with Crippen LogP contribution in [0.5, 0.6) is 0 Å². The molecule has 2 aliphatic carbocycles. The topological polar surface area (TPSA) is 23.1 Å². The van der Waals surface area contributed by atoms with Gasteiger partial charge in [0, 0.05) is 0 Å². The Morgan fingerprint density at radius 2 is 1.88 bits per heavy atom. The Balaban J connectivity index is 0.00000128. The normalized spacial score (nSPS) is 40.2. The van der Waals surface area contributed by atoms with Crippen molar-refractivity contribution >= 4 is 23.1 Å². The first-order valence-corrected chi connectivity index (χ1v) is 6.34. The maximum Gasteiger partial charge on any atom is 2.00 e. The predicted molar refractivity (Wildman–Crippen MR) is 66.9 cm³/mol. The average Bonchev–Trinajstić information content (AvgIpc) is 2.23. The first-order valence-electron chi connectivity index (χ1n) is 6.34. The van der Waals surface area contributed by atoms with E-state index in [0.717, 1.165) is 32.1 Å². The van der Waals surface area contributed by atoms with E-state index in [0.29, 0.717) is 0 Å². The van der Waals surface area contributed by atoms with Crippen molar-refractivity contribution in [1.29, 1.82) is 0 Å². The molecule has 2 fully saturated rings. The van der Waals surface area contributed by atoms with Crippen LogP contribution in [0, 0.1) is 18.3 Å². The molecule has 0 amide bonds. The maximum atomic E-state index is 12.0. The number of hydrogen-bond acceptors (Lipinski definition) is 1. The second-order valence-electron chi connectivity index (χ2n) is 5.40. The molecule has 0 radical (unpaired) electrons. The number of hydrogen-bond donors (Lipinski definition) is 0. The van der Waals surface area contributed by atoms with Crippen LogP contribution in [0.15, 0.2) is 12.2 Å². The van der Waals surface area contributed by atoms with Crippen LogP contribution < -0.4 is 5.11 Å². The van der Waals surface area contributed by atoms with Crippen LogP contribution in [0.1, 0.15) is 51.4 Å². The molecule has 0 aliphatic heterocycles. The summed E-state index contributed by atoms with van der Waals surface area (Å²) < 4.78 is 0. The van der Waals surface area contributed by atoms with Gasteiger partial charge in [0.15, 0.2) is 0 Å². The first-order chi connectivity index (χ1) is 7.14. The van der Waals surface area contributed by atoms with Gasteiger partial charge in [0.1, 0.15) is 0 Å². The van der Waals surface area contributed by atoms with Gasteiger partial charge in [-0.15, -0.1) is 23.7 Å². The molecule has 0 heterocycles. The molecule has 3 atom stereocenters. The van der Waals surface area contributed by atoms with Crippen LogP contribution in [0.4, 0.5) is 0 Å². The molecule has 2 aliphatic rings. The molecular weight excluding hydrogens is 208 g/mol. The Labute approximate surface area is 116 Å². The third kappa shape index (κ3) is 2.65. The van der Waals surface area contributed by atoms with E-state index in [1.807, 2.05) is 0 Å². The van der Waals surface area contributed by atoms with Crippen LogP contribution in [0.25, 0.3) is 0 Å². The van der Waals surface area contributed by atoms with Crippen LogP contribution in [0.2, 0.25) is 0 Å². The molecule has 0 aromatic heterocycles. The predicted octanol–water partition coefficient (Wildman–Crippen LogP) is 2.48. The molecule has 0 aromatic carbocycles. The summed E-state index contributed by atoms with van der Waals surface area (Å²) in [6.07, 6.45) is 8.54. The van der Waals surface area contributed by atoms with Crippen molar-refractivity contribution in [1.82, 2.24) is 0 Å². The molecule has 2 heteroatoms. The van der Waals surface area contributed by atoms with Gasteiger partial charge in [-0.25, -0.2) is 0 Å². The molecule has 3 unspecified atom stereocenters. The van der Waals surface area contributed by atoms with Crippen molar-refractivity contribution in [3.63, 3.8) is 0 Å². The standard InChI is InChI=1S/C14H22O.Mg/c1-11-7-5-6-10-14(11,2)12-8-3-4-9-13(12)15;/h12-13H,1-10H2;/q-2;+2. The fraction of sp³-hybridized carbons (Fsp3) is 0.786. The van der Waals surface area contributed by atoms with E-state index in [1.54, 1.807) is 0 Å². The molecule has 2 saturated carbocycles. The van der Waals surface area contributed by atoms with E-state index < -0.39 is 0 Å². The first kappa shape index (κ1) is 14.5. The van der Waals surface area contributed by atoms with Gasteiger partial charge in [0.05, 0.1) is 0 Å². The van der Waals surface area contributed by atoms with Crippen molar-refractivity contribution in [2.24, 2.45) is 11.3 Å². The summed E-state index contributed by atoms with van der Waals surface area (Å²) in [4.78, 5) is 0. The third-order valence-corrected chi connectivity index (χ3v) is 4.47. The van der Waals surface area contributed by atoms with Crippen molar-refractivity contribution in [3.8, 4) is 0 Å². The van der Waals surface area contributed by atoms with E-state index in [4.69, 9.17) is 0 Å². The van der Waals surface area contributed by atoms with E-state index in [1.165, 1.54) is 24.8 Å². The Kier molecular flexibility index (Phi) is 5.34. The minimum absolute atomic E-state index is 0. The Bertz CT molecular complexity index is 251. The average molecular weight is 231 g/mol. The zero-order valence-electron chi connectivity index (χ0n) is 10.3. The van der Waals surface area contributed by atoms with E-state index >= 15 is 0 Å². The fourth-order valence-electron chi connectivity index (χ4n) is 3.38. The zero-order valence-corrected chi connectivity index (χ0v) is 11.8. The molecule has 16 heavy (non-hydrogen) atoms. The van der Waals surface area contributed by atoms with Gasteiger partial charge >= 0.3 is 23.1 Å². The van der Waals surface area contributed by atoms with Crippen molar-refractivity contribution in [2.45, 2.75) is 57.5 Å².